The zero-order valence-corrected chi connectivity index (χ0v) is 20.6. The van der Waals surface area contributed by atoms with E-state index in [4.69, 9.17) is 16.3 Å². The zero-order chi connectivity index (χ0) is 25.1. The highest BCUT2D eigenvalue weighted by atomic mass is 79.9. The first kappa shape index (κ1) is 24.5. The fourth-order valence-corrected chi connectivity index (χ4v) is 4.02. The van der Waals surface area contributed by atoms with Crippen LogP contribution in [0.1, 0.15) is 23.9 Å². The first-order valence-electron chi connectivity index (χ1n) is 10.4. The normalized spacial score (nSPS) is 11.3. The highest BCUT2D eigenvalue weighted by Crippen LogP contribution is 2.34. The molecule has 0 amide bonds. The number of nitro benzene ring substituents is 1. The predicted molar refractivity (Wildman–Crippen MR) is 135 cm³/mol. The maximum absolute atomic E-state index is 13.5. The third-order valence-corrected chi connectivity index (χ3v) is 5.75. The van der Waals surface area contributed by atoms with E-state index in [9.17, 15) is 19.3 Å². The Hall–Kier alpha value is -3.63. The average molecular weight is 560 g/mol. The summed E-state index contributed by atoms with van der Waals surface area (Å²) in [5.74, 6) is -0.171. The molecule has 0 bridgehead atoms. The third-order valence-electron chi connectivity index (χ3n) is 5.04. The summed E-state index contributed by atoms with van der Waals surface area (Å²) in [6.45, 7) is 1.70. The fourth-order valence-electron chi connectivity index (χ4n) is 3.43. The molecule has 0 saturated heterocycles. The van der Waals surface area contributed by atoms with E-state index >= 15 is 0 Å². The molecule has 0 N–H and O–H groups in total. The van der Waals surface area contributed by atoms with Gasteiger partial charge in [-0.25, -0.2) is 9.37 Å². The van der Waals surface area contributed by atoms with Gasteiger partial charge in [-0.3, -0.25) is 14.9 Å². The quantitative estimate of drug-likeness (QED) is 0.160. The lowest BCUT2D eigenvalue weighted by atomic mass is 10.1. The van der Waals surface area contributed by atoms with Gasteiger partial charge >= 0.3 is 5.69 Å². The van der Waals surface area contributed by atoms with Crippen molar-refractivity contribution in [1.82, 2.24) is 9.66 Å². The van der Waals surface area contributed by atoms with Gasteiger partial charge < -0.3 is 4.74 Å². The average Bonchev–Trinajstić information content (AvgIpc) is 2.82. The molecule has 0 aliphatic carbocycles. The molecule has 35 heavy (non-hydrogen) atoms. The first-order valence-corrected chi connectivity index (χ1v) is 11.5. The van der Waals surface area contributed by atoms with Crippen molar-refractivity contribution in [3.63, 3.8) is 0 Å². The zero-order valence-electron chi connectivity index (χ0n) is 18.2. The fraction of sp³-hybridized carbons (Fsp3) is 0.125. The minimum Gasteiger partial charge on any atom is -0.481 e. The van der Waals surface area contributed by atoms with Crippen molar-refractivity contribution < 1.29 is 14.1 Å². The number of rotatable bonds is 7. The lowest BCUT2D eigenvalue weighted by Gasteiger charge is -2.11. The van der Waals surface area contributed by atoms with Gasteiger partial charge in [0.15, 0.2) is 0 Å². The van der Waals surface area contributed by atoms with Gasteiger partial charge in [-0.1, -0.05) is 46.6 Å². The van der Waals surface area contributed by atoms with E-state index in [1.165, 1.54) is 30.5 Å². The van der Waals surface area contributed by atoms with Gasteiger partial charge in [0.1, 0.15) is 18.2 Å². The number of nitrogens with zero attached hydrogens (tertiary/aromatic N) is 4. The van der Waals surface area contributed by atoms with Crippen LogP contribution in [0.25, 0.3) is 10.9 Å². The molecule has 3 aromatic carbocycles. The first-order chi connectivity index (χ1) is 16.8. The molecular formula is C24H17BrClFN4O4. The van der Waals surface area contributed by atoms with Crippen molar-refractivity contribution in [2.45, 2.75) is 20.0 Å². The van der Waals surface area contributed by atoms with E-state index in [2.05, 4.69) is 26.0 Å². The van der Waals surface area contributed by atoms with Gasteiger partial charge in [0.25, 0.3) is 5.56 Å². The van der Waals surface area contributed by atoms with E-state index in [1.807, 2.05) is 6.92 Å². The summed E-state index contributed by atoms with van der Waals surface area (Å²) >= 11 is 9.46. The molecular weight excluding hydrogens is 543 g/mol. The second-order valence-electron chi connectivity index (χ2n) is 7.42. The smallest absolute Gasteiger partial charge is 0.313 e. The minimum absolute atomic E-state index is 0.0832. The Morgan fingerprint density at radius 2 is 2.06 bits per heavy atom. The van der Waals surface area contributed by atoms with Crippen molar-refractivity contribution in [1.29, 1.82) is 0 Å². The summed E-state index contributed by atoms with van der Waals surface area (Å²) in [6, 6.07) is 13.4. The molecule has 0 aliphatic heterocycles. The van der Waals surface area contributed by atoms with Crippen LogP contribution in [0.5, 0.6) is 5.75 Å². The number of aryl methyl sites for hydroxylation is 1. The molecule has 1 aromatic heterocycles. The van der Waals surface area contributed by atoms with Gasteiger partial charge in [0, 0.05) is 27.5 Å². The van der Waals surface area contributed by atoms with E-state index < -0.39 is 16.3 Å². The number of aromatic nitrogens is 2. The van der Waals surface area contributed by atoms with E-state index in [0.29, 0.717) is 33.2 Å². The Bertz CT molecular complexity index is 1540. The van der Waals surface area contributed by atoms with E-state index in [1.54, 1.807) is 24.3 Å². The Labute approximate surface area is 211 Å². The highest BCUT2D eigenvalue weighted by Gasteiger charge is 2.21. The SMILES string of the molecule is CCc1nc2ccc(Br)cc2c(=O)n1N=Cc1cc(Cl)cc([N+](=O)[O-])c1OCc1cccc(F)c1. The Balaban J connectivity index is 1.80. The molecule has 4 rings (SSSR count). The molecule has 0 unspecified atom stereocenters. The van der Waals surface area contributed by atoms with Crippen LogP contribution in [0.4, 0.5) is 10.1 Å². The Kier molecular flexibility index (Phi) is 7.23. The molecule has 178 valence electrons. The molecule has 0 radical (unpaired) electrons. The van der Waals surface area contributed by atoms with E-state index in [0.717, 1.165) is 10.7 Å². The second-order valence-corrected chi connectivity index (χ2v) is 8.78. The minimum atomic E-state index is -0.636. The lowest BCUT2D eigenvalue weighted by molar-refractivity contribution is -0.385. The van der Waals surface area contributed by atoms with Crippen LogP contribution in [0.2, 0.25) is 5.02 Å². The van der Waals surface area contributed by atoms with Gasteiger partial charge in [0.05, 0.1) is 22.0 Å². The summed E-state index contributed by atoms with van der Waals surface area (Å²) in [5, 5.41) is 16.4. The van der Waals surface area contributed by atoms with Crippen LogP contribution in [-0.2, 0) is 13.0 Å². The van der Waals surface area contributed by atoms with Crippen LogP contribution < -0.4 is 10.3 Å². The number of hydrogen-bond donors (Lipinski definition) is 0. The van der Waals surface area contributed by atoms with Crippen LogP contribution in [0, 0.1) is 15.9 Å². The van der Waals surface area contributed by atoms with Crippen molar-refractivity contribution in [2.75, 3.05) is 0 Å². The number of fused-ring (bicyclic) bond motifs is 1. The standard InChI is InChI=1S/C24H17BrClFN4O4/c1-2-22-29-20-7-6-16(25)10-19(20)24(32)30(22)28-12-15-9-17(26)11-21(31(33)34)23(15)35-13-14-4-3-5-18(27)8-14/h3-12H,2,13H2,1H3. The molecule has 4 aromatic rings. The third kappa shape index (κ3) is 5.39. The van der Waals surface area contributed by atoms with Crippen molar-refractivity contribution >= 4 is 50.3 Å². The maximum atomic E-state index is 13.5. The number of benzene rings is 3. The molecule has 0 spiro atoms. The Morgan fingerprint density at radius 3 is 2.77 bits per heavy atom. The van der Waals surface area contributed by atoms with E-state index in [-0.39, 0.29) is 28.6 Å². The maximum Gasteiger partial charge on any atom is 0.313 e. The largest absolute Gasteiger partial charge is 0.481 e. The van der Waals surface area contributed by atoms with Crippen molar-refractivity contribution in [2.24, 2.45) is 5.10 Å². The molecule has 0 aliphatic rings. The monoisotopic (exact) mass is 558 g/mol. The topological polar surface area (TPSA) is 99.6 Å². The van der Waals surface area contributed by atoms with Crippen LogP contribution in [0.15, 0.2) is 69.0 Å². The molecule has 1 heterocycles. The van der Waals surface area contributed by atoms with Crippen molar-refractivity contribution in [3.8, 4) is 5.75 Å². The predicted octanol–water partition coefficient (Wildman–Crippen LogP) is 5.88. The molecule has 8 nitrogen and oxygen atoms in total. The van der Waals surface area contributed by atoms with Crippen LogP contribution >= 0.6 is 27.5 Å². The summed E-state index contributed by atoms with van der Waals surface area (Å²) in [7, 11) is 0. The molecule has 0 saturated carbocycles. The molecule has 0 atom stereocenters. The van der Waals surface area contributed by atoms with Crippen LogP contribution in [0.3, 0.4) is 0 Å². The summed E-state index contributed by atoms with van der Waals surface area (Å²) < 4.78 is 21.1. The van der Waals surface area contributed by atoms with Gasteiger partial charge in [-0.05, 0) is 42.0 Å². The number of hydrogen-bond acceptors (Lipinski definition) is 6. The van der Waals surface area contributed by atoms with Gasteiger partial charge in [-0.2, -0.15) is 9.78 Å². The molecule has 11 heteroatoms. The summed E-state index contributed by atoms with van der Waals surface area (Å²) in [5.41, 5.74) is 0.385. The Morgan fingerprint density at radius 1 is 1.26 bits per heavy atom. The highest BCUT2D eigenvalue weighted by molar-refractivity contribution is 9.10. The van der Waals surface area contributed by atoms with Gasteiger partial charge in [0.2, 0.25) is 5.75 Å². The second kappa shape index (κ2) is 10.3. The number of nitro groups is 1. The van der Waals surface area contributed by atoms with Crippen molar-refractivity contribution in [3.05, 3.63) is 107 Å². The summed E-state index contributed by atoms with van der Waals surface area (Å²) in [4.78, 5) is 28.7. The lowest BCUT2D eigenvalue weighted by Crippen LogP contribution is -2.22. The summed E-state index contributed by atoms with van der Waals surface area (Å²) in [6.07, 6.45) is 1.67. The number of ether oxygens (including phenoxy) is 1. The van der Waals surface area contributed by atoms with Gasteiger partial charge in [-0.15, -0.1) is 0 Å². The molecule has 0 fully saturated rings. The number of halogens is 3. The van der Waals surface area contributed by atoms with Crippen LogP contribution in [-0.4, -0.2) is 20.8 Å².